The molecular formula is C26H22O2Te. The van der Waals surface area contributed by atoms with Gasteiger partial charge in [0, 0.05) is 0 Å². The molecule has 2 nitrogen and oxygen atoms in total. The topological polar surface area (TPSA) is 18.5 Å². The minimum absolute atomic E-state index is 0.700. The number of hydrogen-bond donors (Lipinski definition) is 0. The standard InChI is InChI=1S/C26H22O2Te/c1-27-21-13-15-23(19-9-5-3-6-10-19)25(17-21)29-26-18-22(28-2)14-16-24(26)20-11-7-4-8-12-20/h3-18H,1-2H3. The molecule has 0 fully saturated rings. The van der Waals surface area contributed by atoms with E-state index in [9.17, 15) is 0 Å². The first-order valence-corrected chi connectivity index (χ1v) is 11.8. The first kappa shape index (κ1) is 19.6. The van der Waals surface area contributed by atoms with E-state index in [-0.39, 0.29) is 0 Å². The Kier molecular flexibility index (Phi) is 6.20. The van der Waals surface area contributed by atoms with Crippen LogP contribution in [0, 0.1) is 0 Å². The van der Waals surface area contributed by atoms with Gasteiger partial charge < -0.3 is 0 Å². The second-order valence-corrected chi connectivity index (χ2v) is 9.65. The van der Waals surface area contributed by atoms with Crippen LogP contribution in [0.25, 0.3) is 22.3 Å². The predicted molar refractivity (Wildman–Crippen MR) is 122 cm³/mol. The summed E-state index contributed by atoms with van der Waals surface area (Å²) in [5.74, 6) is 1.79. The molecule has 0 radical (unpaired) electrons. The summed E-state index contributed by atoms with van der Waals surface area (Å²) in [5, 5.41) is 0. The van der Waals surface area contributed by atoms with Crippen LogP contribution in [0.1, 0.15) is 0 Å². The van der Waals surface area contributed by atoms with Crippen LogP contribution in [0.5, 0.6) is 11.5 Å². The Hall–Kier alpha value is -2.73. The van der Waals surface area contributed by atoms with E-state index in [0.717, 1.165) is 11.5 Å². The van der Waals surface area contributed by atoms with E-state index < -0.39 is 20.9 Å². The molecule has 0 bridgehead atoms. The molecule has 0 unspecified atom stereocenters. The van der Waals surface area contributed by atoms with E-state index in [2.05, 4.69) is 84.9 Å². The fourth-order valence-corrected chi connectivity index (χ4v) is 6.62. The number of rotatable bonds is 6. The molecule has 0 saturated carbocycles. The Morgan fingerprint density at radius 3 is 1.31 bits per heavy atom. The molecule has 0 N–H and O–H groups in total. The summed E-state index contributed by atoms with van der Waals surface area (Å²) in [7, 11) is 3.45. The average molecular weight is 494 g/mol. The van der Waals surface area contributed by atoms with Gasteiger partial charge in [0.2, 0.25) is 0 Å². The maximum atomic E-state index is 5.54. The van der Waals surface area contributed by atoms with Crippen molar-refractivity contribution in [2.24, 2.45) is 0 Å². The van der Waals surface area contributed by atoms with Gasteiger partial charge in [0.25, 0.3) is 0 Å². The maximum absolute atomic E-state index is 5.54. The molecule has 4 rings (SSSR count). The summed E-state index contributed by atoms with van der Waals surface area (Å²) < 4.78 is 13.8. The summed E-state index contributed by atoms with van der Waals surface area (Å²) in [6.07, 6.45) is 0. The molecule has 4 aromatic rings. The van der Waals surface area contributed by atoms with E-state index in [1.54, 1.807) is 14.2 Å². The third-order valence-corrected chi connectivity index (χ3v) is 7.95. The fourth-order valence-electron chi connectivity index (χ4n) is 3.26. The molecule has 0 aliphatic heterocycles. The molecule has 3 heteroatoms. The first-order valence-electron chi connectivity index (χ1n) is 9.43. The third-order valence-electron chi connectivity index (χ3n) is 4.77. The van der Waals surface area contributed by atoms with Gasteiger partial charge in [-0.15, -0.1) is 0 Å². The average Bonchev–Trinajstić information content (AvgIpc) is 2.80. The van der Waals surface area contributed by atoms with Crippen molar-refractivity contribution in [1.29, 1.82) is 0 Å². The monoisotopic (exact) mass is 496 g/mol. The minimum atomic E-state index is -0.700. The van der Waals surface area contributed by atoms with Crippen molar-refractivity contribution < 1.29 is 9.47 Å². The van der Waals surface area contributed by atoms with Gasteiger partial charge in [-0.2, -0.15) is 0 Å². The zero-order valence-corrected chi connectivity index (χ0v) is 18.8. The van der Waals surface area contributed by atoms with Crippen molar-refractivity contribution in [3.63, 3.8) is 0 Å². The van der Waals surface area contributed by atoms with Crippen LogP contribution in [-0.4, -0.2) is 35.1 Å². The summed E-state index contributed by atoms with van der Waals surface area (Å²) in [6, 6.07) is 34.0. The molecule has 0 spiro atoms. The van der Waals surface area contributed by atoms with Gasteiger partial charge in [-0.25, -0.2) is 0 Å². The molecule has 0 amide bonds. The van der Waals surface area contributed by atoms with Crippen LogP contribution in [0.2, 0.25) is 0 Å². The van der Waals surface area contributed by atoms with Gasteiger partial charge in [0.05, 0.1) is 0 Å². The molecule has 29 heavy (non-hydrogen) atoms. The van der Waals surface area contributed by atoms with Crippen LogP contribution >= 0.6 is 0 Å². The van der Waals surface area contributed by atoms with E-state index in [4.69, 9.17) is 9.47 Å². The summed E-state index contributed by atoms with van der Waals surface area (Å²) >= 11 is -0.700. The second kappa shape index (κ2) is 9.18. The number of methoxy groups -OCH3 is 2. The Morgan fingerprint density at radius 2 is 0.931 bits per heavy atom. The van der Waals surface area contributed by atoms with E-state index in [0.29, 0.717) is 0 Å². The first-order chi connectivity index (χ1) is 14.3. The zero-order valence-electron chi connectivity index (χ0n) is 16.5. The van der Waals surface area contributed by atoms with Crippen LogP contribution < -0.4 is 16.7 Å². The predicted octanol–water partition coefficient (Wildman–Crippen LogP) is 4.69. The Labute approximate surface area is 182 Å². The van der Waals surface area contributed by atoms with E-state index in [1.807, 2.05) is 12.1 Å². The summed E-state index contributed by atoms with van der Waals surface area (Å²) in [6.45, 7) is 0. The van der Waals surface area contributed by atoms with Crippen LogP contribution in [0.4, 0.5) is 0 Å². The molecule has 0 heterocycles. The van der Waals surface area contributed by atoms with Gasteiger partial charge >= 0.3 is 183 Å². The van der Waals surface area contributed by atoms with Crippen molar-refractivity contribution in [1.82, 2.24) is 0 Å². The van der Waals surface area contributed by atoms with Crippen molar-refractivity contribution in [3.05, 3.63) is 97.1 Å². The SMILES string of the molecule is COc1ccc(-c2ccccc2)c([Te]c2cc(OC)ccc2-c2ccccc2)c1. The molecule has 4 aromatic carbocycles. The molecule has 0 aromatic heterocycles. The molecule has 144 valence electrons. The Morgan fingerprint density at radius 1 is 0.517 bits per heavy atom. The molecule has 0 saturated heterocycles. The number of benzene rings is 4. The van der Waals surface area contributed by atoms with Crippen LogP contribution in [0.3, 0.4) is 0 Å². The van der Waals surface area contributed by atoms with E-state index >= 15 is 0 Å². The fraction of sp³-hybridized carbons (Fsp3) is 0.0769. The van der Waals surface area contributed by atoms with Crippen molar-refractivity contribution in [2.75, 3.05) is 14.2 Å². The normalized spacial score (nSPS) is 10.6. The summed E-state index contributed by atoms with van der Waals surface area (Å²) in [4.78, 5) is 0. The van der Waals surface area contributed by atoms with Gasteiger partial charge in [-0.1, -0.05) is 0 Å². The molecular weight excluding hydrogens is 472 g/mol. The quantitative estimate of drug-likeness (QED) is 0.363. The zero-order chi connectivity index (χ0) is 20.1. The van der Waals surface area contributed by atoms with Gasteiger partial charge in [0.15, 0.2) is 0 Å². The molecule has 0 aliphatic rings. The third kappa shape index (κ3) is 4.48. The van der Waals surface area contributed by atoms with Gasteiger partial charge in [-0.05, 0) is 0 Å². The number of hydrogen-bond acceptors (Lipinski definition) is 2. The molecule has 0 atom stereocenters. The van der Waals surface area contributed by atoms with E-state index in [1.165, 1.54) is 29.5 Å². The Bertz CT molecular complexity index is 1000. The van der Waals surface area contributed by atoms with Crippen LogP contribution in [0.15, 0.2) is 97.1 Å². The second-order valence-electron chi connectivity index (χ2n) is 6.56. The summed E-state index contributed by atoms with van der Waals surface area (Å²) in [5.41, 5.74) is 5.02. The van der Waals surface area contributed by atoms with Crippen molar-refractivity contribution in [3.8, 4) is 33.8 Å². The van der Waals surface area contributed by atoms with Crippen molar-refractivity contribution in [2.45, 2.75) is 0 Å². The van der Waals surface area contributed by atoms with Crippen molar-refractivity contribution >= 4 is 28.1 Å². The molecule has 0 aliphatic carbocycles. The van der Waals surface area contributed by atoms with Crippen LogP contribution in [-0.2, 0) is 0 Å². The number of ether oxygens (including phenoxy) is 2. The Balaban J connectivity index is 1.83. The van der Waals surface area contributed by atoms with Gasteiger partial charge in [0.1, 0.15) is 0 Å². The van der Waals surface area contributed by atoms with Gasteiger partial charge in [-0.3, -0.25) is 0 Å².